The zero-order valence-corrected chi connectivity index (χ0v) is 15.7. The molecule has 0 N–H and O–H groups in total. The molecule has 0 aromatic heterocycles. The third-order valence-corrected chi connectivity index (χ3v) is 6.91. The number of morpholine rings is 1. The lowest BCUT2D eigenvalue weighted by Gasteiger charge is -2.30. The Kier molecular flexibility index (Phi) is 5.61. The Hall–Kier alpha value is -1.95. The predicted octanol–water partition coefficient (Wildman–Crippen LogP) is 1.39. The standard InChI is InChI=1S/C18H23N3O4S/c1-14-2-3-16(26(23,24)21-8-10-25-11-9-21)12-17(14)18(22)20-6-4-15(13-19)5-7-20/h2-3,12,15H,4-11H2,1H3. The van der Waals surface area contributed by atoms with E-state index in [1.165, 1.54) is 10.4 Å². The number of rotatable bonds is 3. The molecule has 8 heteroatoms. The molecular formula is C18H23N3O4S. The smallest absolute Gasteiger partial charge is 0.254 e. The molecule has 0 spiro atoms. The van der Waals surface area contributed by atoms with Crippen molar-refractivity contribution in [3.63, 3.8) is 0 Å². The van der Waals surface area contributed by atoms with E-state index < -0.39 is 10.0 Å². The van der Waals surface area contributed by atoms with Gasteiger partial charge in [-0.05, 0) is 37.5 Å². The van der Waals surface area contributed by atoms with E-state index in [1.54, 1.807) is 24.0 Å². The summed E-state index contributed by atoms with van der Waals surface area (Å²) in [5.41, 5.74) is 1.16. The number of piperidine rings is 1. The molecule has 0 bridgehead atoms. The van der Waals surface area contributed by atoms with Crippen LogP contribution in [-0.2, 0) is 14.8 Å². The molecule has 2 heterocycles. The van der Waals surface area contributed by atoms with Crippen LogP contribution in [0.25, 0.3) is 0 Å². The Morgan fingerprint density at radius 2 is 1.85 bits per heavy atom. The highest BCUT2D eigenvalue weighted by Crippen LogP contribution is 2.24. The fourth-order valence-corrected chi connectivity index (χ4v) is 4.74. The van der Waals surface area contributed by atoms with Crippen molar-refractivity contribution in [1.82, 2.24) is 9.21 Å². The van der Waals surface area contributed by atoms with Gasteiger partial charge in [0.05, 0.1) is 24.2 Å². The van der Waals surface area contributed by atoms with Crippen molar-refractivity contribution in [3.8, 4) is 6.07 Å². The molecule has 1 aromatic rings. The lowest BCUT2D eigenvalue weighted by atomic mass is 9.97. The van der Waals surface area contributed by atoms with E-state index in [4.69, 9.17) is 10.00 Å². The van der Waals surface area contributed by atoms with E-state index in [0.29, 0.717) is 57.8 Å². The van der Waals surface area contributed by atoms with Gasteiger partial charge >= 0.3 is 0 Å². The number of amides is 1. The highest BCUT2D eigenvalue weighted by atomic mass is 32.2. The summed E-state index contributed by atoms with van der Waals surface area (Å²) in [6, 6.07) is 6.97. The summed E-state index contributed by atoms with van der Waals surface area (Å²) in [6.45, 7) is 4.26. The third-order valence-electron chi connectivity index (χ3n) is 5.01. The summed E-state index contributed by atoms with van der Waals surface area (Å²) in [4.78, 5) is 14.7. The van der Waals surface area contributed by atoms with Crippen molar-refractivity contribution >= 4 is 15.9 Å². The van der Waals surface area contributed by atoms with Crippen LogP contribution in [0.15, 0.2) is 23.1 Å². The van der Waals surface area contributed by atoms with Crippen LogP contribution in [0, 0.1) is 24.2 Å². The van der Waals surface area contributed by atoms with E-state index in [1.807, 2.05) is 0 Å². The number of carbonyl (C=O) groups excluding carboxylic acids is 1. The molecule has 3 rings (SSSR count). The van der Waals surface area contributed by atoms with E-state index in [-0.39, 0.29) is 16.7 Å². The van der Waals surface area contributed by atoms with Gasteiger partial charge in [0.15, 0.2) is 0 Å². The Morgan fingerprint density at radius 1 is 1.19 bits per heavy atom. The zero-order valence-electron chi connectivity index (χ0n) is 14.8. The number of nitriles is 1. The second-order valence-corrected chi connectivity index (χ2v) is 8.63. The second kappa shape index (κ2) is 7.74. The van der Waals surface area contributed by atoms with E-state index in [9.17, 15) is 13.2 Å². The molecule has 1 aromatic carbocycles. The van der Waals surface area contributed by atoms with Crippen molar-refractivity contribution in [3.05, 3.63) is 29.3 Å². The minimum Gasteiger partial charge on any atom is -0.379 e. The fraction of sp³-hybridized carbons (Fsp3) is 0.556. The van der Waals surface area contributed by atoms with Gasteiger partial charge in [-0.3, -0.25) is 4.79 Å². The van der Waals surface area contributed by atoms with Gasteiger partial charge in [-0.2, -0.15) is 9.57 Å². The van der Waals surface area contributed by atoms with E-state index in [0.717, 1.165) is 5.56 Å². The largest absolute Gasteiger partial charge is 0.379 e. The molecule has 26 heavy (non-hydrogen) atoms. The van der Waals surface area contributed by atoms with Gasteiger partial charge in [-0.25, -0.2) is 8.42 Å². The molecule has 0 radical (unpaired) electrons. The van der Waals surface area contributed by atoms with Gasteiger partial charge in [-0.1, -0.05) is 6.07 Å². The summed E-state index contributed by atoms with van der Waals surface area (Å²) < 4.78 is 32.3. The van der Waals surface area contributed by atoms with E-state index >= 15 is 0 Å². The quantitative estimate of drug-likeness (QED) is 0.794. The summed E-state index contributed by atoms with van der Waals surface area (Å²) in [5, 5.41) is 8.99. The minimum atomic E-state index is -3.64. The maximum absolute atomic E-state index is 12.9. The molecule has 140 valence electrons. The van der Waals surface area contributed by atoms with Gasteiger partial charge < -0.3 is 9.64 Å². The highest BCUT2D eigenvalue weighted by Gasteiger charge is 2.29. The van der Waals surface area contributed by atoms with Crippen molar-refractivity contribution in [2.45, 2.75) is 24.7 Å². The van der Waals surface area contributed by atoms with Crippen molar-refractivity contribution < 1.29 is 17.9 Å². The van der Waals surface area contributed by atoms with Gasteiger partial charge in [0.2, 0.25) is 10.0 Å². The number of carbonyl (C=O) groups is 1. The molecule has 2 fully saturated rings. The number of hydrogen-bond acceptors (Lipinski definition) is 5. The molecule has 2 saturated heterocycles. The third kappa shape index (κ3) is 3.75. The normalized spacial score (nSPS) is 19.9. The zero-order chi connectivity index (χ0) is 18.7. The van der Waals surface area contributed by atoms with Crippen LogP contribution in [0.3, 0.4) is 0 Å². The van der Waals surface area contributed by atoms with Crippen LogP contribution in [0.1, 0.15) is 28.8 Å². The van der Waals surface area contributed by atoms with Crippen LogP contribution >= 0.6 is 0 Å². The van der Waals surface area contributed by atoms with Crippen LogP contribution in [0.4, 0.5) is 0 Å². The molecule has 2 aliphatic heterocycles. The number of nitrogens with zero attached hydrogens (tertiary/aromatic N) is 3. The van der Waals surface area contributed by atoms with Crippen LogP contribution in [-0.4, -0.2) is 62.9 Å². The maximum Gasteiger partial charge on any atom is 0.254 e. The summed E-state index contributed by atoms with van der Waals surface area (Å²) in [6.07, 6.45) is 1.32. The molecule has 2 aliphatic rings. The van der Waals surface area contributed by atoms with Gasteiger partial charge in [0.1, 0.15) is 0 Å². The monoisotopic (exact) mass is 377 g/mol. The highest BCUT2D eigenvalue weighted by molar-refractivity contribution is 7.89. The van der Waals surface area contributed by atoms with Gasteiger partial charge in [-0.15, -0.1) is 0 Å². The lowest BCUT2D eigenvalue weighted by molar-refractivity contribution is 0.0705. The first-order valence-corrected chi connectivity index (χ1v) is 10.2. The SMILES string of the molecule is Cc1ccc(S(=O)(=O)N2CCOCC2)cc1C(=O)N1CCC(C#N)CC1. The van der Waals surface area contributed by atoms with Crippen molar-refractivity contribution in [2.75, 3.05) is 39.4 Å². The Bertz CT molecular complexity index is 817. The Morgan fingerprint density at radius 3 is 2.46 bits per heavy atom. The second-order valence-electron chi connectivity index (χ2n) is 6.69. The number of hydrogen-bond donors (Lipinski definition) is 0. The number of likely N-dealkylation sites (tertiary alicyclic amines) is 1. The van der Waals surface area contributed by atoms with Crippen molar-refractivity contribution in [1.29, 1.82) is 5.26 Å². The predicted molar refractivity (Wildman–Crippen MR) is 95.0 cm³/mol. The van der Waals surface area contributed by atoms with Gasteiger partial charge in [0.25, 0.3) is 5.91 Å². The van der Waals surface area contributed by atoms with Gasteiger partial charge in [0, 0.05) is 37.7 Å². The molecule has 7 nitrogen and oxygen atoms in total. The van der Waals surface area contributed by atoms with Crippen LogP contribution in [0.5, 0.6) is 0 Å². The summed E-state index contributed by atoms with van der Waals surface area (Å²) in [5.74, 6) is -0.175. The summed E-state index contributed by atoms with van der Waals surface area (Å²) in [7, 11) is -3.64. The first kappa shape index (κ1) is 18.8. The number of benzene rings is 1. The summed E-state index contributed by atoms with van der Waals surface area (Å²) >= 11 is 0. The topological polar surface area (TPSA) is 90.7 Å². The van der Waals surface area contributed by atoms with Crippen molar-refractivity contribution in [2.24, 2.45) is 5.92 Å². The average molecular weight is 377 g/mol. The minimum absolute atomic E-state index is 0.00632. The first-order valence-electron chi connectivity index (χ1n) is 8.81. The first-order chi connectivity index (χ1) is 12.4. The average Bonchev–Trinajstić information content (AvgIpc) is 2.68. The number of ether oxygens (including phenoxy) is 1. The molecular weight excluding hydrogens is 354 g/mol. The Balaban J connectivity index is 1.84. The molecule has 0 unspecified atom stereocenters. The molecule has 0 saturated carbocycles. The molecule has 0 aliphatic carbocycles. The Labute approximate surface area is 154 Å². The van der Waals surface area contributed by atoms with Crippen LogP contribution in [0.2, 0.25) is 0 Å². The van der Waals surface area contributed by atoms with Crippen LogP contribution < -0.4 is 0 Å². The van der Waals surface area contributed by atoms with E-state index in [2.05, 4.69) is 6.07 Å². The molecule has 1 amide bonds. The lowest BCUT2D eigenvalue weighted by Crippen LogP contribution is -2.41. The number of sulfonamides is 1. The number of aryl methyl sites for hydroxylation is 1. The maximum atomic E-state index is 12.9. The molecule has 0 atom stereocenters. The fourth-order valence-electron chi connectivity index (χ4n) is 3.31.